The molecule has 0 spiro atoms. The molecule has 0 amide bonds. The van der Waals surface area contributed by atoms with Gasteiger partial charge in [-0.1, -0.05) is 11.6 Å². The maximum absolute atomic E-state index is 12.7. The number of hydrogen-bond acceptors (Lipinski definition) is 7. The van der Waals surface area contributed by atoms with Crippen molar-refractivity contribution in [2.45, 2.75) is 10.3 Å². The lowest BCUT2D eigenvalue weighted by Crippen LogP contribution is -2.49. The van der Waals surface area contributed by atoms with E-state index >= 15 is 0 Å². The Morgan fingerprint density at radius 2 is 1.87 bits per heavy atom. The van der Waals surface area contributed by atoms with Crippen LogP contribution in [0.5, 0.6) is 5.75 Å². The molecule has 2 aromatic heterocycles. The lowest BCUT2D eigenvalue weighted by Gasteiger charge is -2.39. The maximum atomic E-state index is 12.7. The number of furan rings is 1. The van der Waals surface area contributed by atoms with E-state index in [1.807, 2.05) is 24.3 Å². The molecule has 166 valence electrons. The molecular formula is C21H24ClN3O4S2. The van der Waals surface area contributed by atoms with E-state index in [0.29, 0.717) is 4.34 Å². The fourth-order valence-corrected chi connectivity index (χ4v) is 6.24. The molecule has 1 aliphatic rings. The molecule has 3 aromatic rings. The van der Waals surface area contributed by atoms with Gasteiger partial charge < -0.3 is 14.1 Å². The van der Waals surface area contributed by atoms with E-state index in [4.69, 9.17) is 20.8 Å². The summed E-state index contributed by atoms with van der Waals surface area (Å²) in [4.78, 5) is 4.57. The van der Waals surface area contributed by atoms with Crippen molar-refractivity contribution in [3.8, 4) is 5.75 Å². The summed E-state index contributed by atoms with van der Waals surface area (Å²) in [7, 11) is -1.97. The van der Waals surface area contributed by atoms with Crippen molar-refractivity contribution in [1.29, 1.82) is 0 Å². The Labute approximate surface area is 191 Å². The van der Waals surface area contributed by atoms with Crippen LogP contribution in [-0.2, 0) is 10.0 Å². The molecule has 7 nitrogen and oxygen atoms in total. The first kappa shape index (κ1) is 22.2. The number of piperazine rings is 1. The standard InChI is InChI=1S/C21H24ClN3O4S2/c1-28-17-6-4-16(5-7-17)24-10-12-25(13-11-24)18(19-3-2-14-29-19)15-23-31(26,27)21-9-8-20(22)30-21/h2-9,14,18,23H,10-13,15H2,1H3. The second-order valence-electron chi connectivity index (χ2n) is 7.16. The van der Waals surface area contributed by atoms with Gasteiger partial charge in [0.25, 0.3) is 0 Å². The van der Waals surface area contributed by atoms with Crippen molar-refractivity contribution in [3.63, 3.8) is 0 Å². The molecule has 1 atom stereocenters. The molecular weight excluding hydrogens is 458 g/mol. The van der Waals surface area contributed by atoms with E-state index in [1.165, 1.54) is 6.07 Å². The number of methoxy groups -OCH3 is 1. The first-order valence-corrected chi connectivity index (χ1v) is 12.6. The van der Waals surface area contributed by atoms with Crippen LogP contribution in [-0.4, -0.2) is 53.2 Å². The van der Waals surface area contributed by atoms with E-state index in [0.717, 1.165) is 54.7 Å². The molecule has 3 heterocycles. The van der Waals surface area contributed by atoms with Gasteiger partial charge in [0.2, 0.25) is 10.0 Å². The zero-order chi connectivity index (χ0) is 21.8. The Morgan fingerprint density at radius 3 is 2.45 bits per heavy atom. The fourth-order valence-electron chi connectivity index (χ4n) is 3.68. The third-order valence-electron chi connectivity index (χ3n) is 5.34. The van der Waals surface area contributed by atoms with Gasteiger partial charge in [0.1, 0.15) is 15.7 Å². The summed E-state index contributed by atoms with van der Waals surface area (Å²) in [6.45, 7) is 3.44. The average molecular weight is 482 g/mol. The van der Waals surface area contributed by atoms with Crippen LogP contribution in [0, 0.1) is 0 Å². The number of sulfonamides is 1. The molecule has 1 N–H and O–H groups in total. The highest BCUT2D eigenvalue weighted by Gasteiger charge is 2.29. The molecule has 1 aromatic carbocycles. The molecule has 1 saturated heterocycles. The highest BCUT2D eigenvalue weighted by Crippen LogP contribution is 2.28. The summed E-state index contributed by atoms with van der Waals surface area (Å²) < 4.78 is 39.6. The molecule has 1 aliphatic heterocycles. The number of ether oxygens (including phenoxy) is 1. The predicted molar refractivity (Wildman–Crippen MR) is 123 cm³/mol. The van der Waals surface area contributed by atoms with Crippen LogP contribution in [0.15, 0.2) is 63.4 Å². The van der Waals surface area contributed by atoms with Crippen molar-refractivity contribution < 1.29 is 17.6 Å². The number of anilines is 1. The second-order valence-corrected chi connectivity index (χ2v) is 10.9. The third-order valence-corrected chi connectivity index (χ3v) is 8.49. The van der Waals surface area contributed by atoms with Crippen molar-refractivity contribution in [2.24, 2.45) is 0 Å². The quantitative estimate of drug-likeness (QED) is 0.526. The van der Waals surface area contributed by atoms with Crippen LogP contribution < -0.4 is 14.4 Å². The molecule has 4 rings (SSSR count). The topological polar surface area (TPSA) is 75.0 Å². The first-order chi connectivity index (χ1) is 15.0. The summed E-state index contributed by atoms with van der Waals surface area (Å²) in [6.07, 6.45) is 1.61. The number of benzene rings is 1. The van der Waals surface area contributed by atoms with Gasteiger partial charge in [-0.3, -0.25) is 4.90 Å². The van der Waals surface area contributed by atoms with E-state index in [2.05, 4.69) is 26.7 Å². The summed E-state index contributed by atoms with van der Waals surface area (Å²) >= 11 is 6.95. The van der Waals surface area contributed by atoms with Crippen LogP contribution in [0.2, 0.25) is 4.34 Å². The van der Waals surface area contributed by atoms with E-state index < -0.39 is 10.0 Å². The van der Waals surface area contributed by atoms with Gasteiger partial charge in [0, 0.05) is 38.4 Å². The largest absolute Gasteiger partial charge is 0.497 e. The number of rotatable bonds is 8. The second kappa shape index (κ2) is 9.62. The first-order valence-electron chi connectivity index (χ1n) is 9.88. The fraction of sp³-hybridized carbons (Fsp3) is 0.333. The Kier molecular flexibility index (Phi) is 6.88. The Balaban J connectivity index is 1.43. The normalized spacial score (nSPS) is 16.4. The van der Waals surface area contributed by atoms with E-state index in [9.17, 15) is 8.42 Å². The summed E-state index contributed by atoms with van der Waals surface area (Å²) in [5, 5.41) is 0. The minimum absolute atomic E-state index is 0.196. The zero-order valence-corrected chi connectivity index (χ0v) is 19.4. The number of hydrogen-bond donors (Lipinski definition) is 1. The molecule has 31 heavy (non-hydrogen) atoms. The SMILES string of the molecule is COc1ccc(N2CCN(C(CNS(=O)(=O)c3ccc(Cl)s3)c3ccco3)CC2)cc1. The Bertz CT molecular complexity index is 1080. The van der Waals surface area contributed by atoms with Crippen LogP contribution >= 0.6 is 22.9 Å². The van der Waals surface area contributed by atoms with Crippen molar-refractivity contribution in [2.75, 3.05) is 44.7 Å². The van der Waals surface area contributed by atoms with Gasteiger partial charge in [0.05, 0.1) is 23.8 Å². The number of thiophene rings is 1. The lowest BCUT2D eigenvalue weighted by atomic mass is 10.1. The monoisotopic (exact) mass is 481 g/mol. The summed E-state index contributed by atoms with van der Waals surface area (Å²) in [6, 6.07) is 14.6. The minimum Gasteiger partial charge on any atom is -0.497 e. The number of halogens is 1. The van der Waals surface area contributed by atoms with Crippen molar-refractivity contribution >= 4 is 38.6 Å². The van der Waals surface area contributed by atoms with Crippen LogP contribution in [0.3, 0.4) is 0 Å². The predicted octanol–water partition coefficient (Wildman–Crippen LogP) is 3.84. The van der Waals surface area contributed by atoms with E-state index in [1.54, 1.807) is 19.4 Å². The summed E-state index contributed by atoms with van der Waals surface area (Å²) in [5.41, 5.74) is 1.14. The minimum atomic E-state index is -3.63. The molecule has 1 unspecified atom stereocenters. The molecule has 0 aliphatic carbocycles. The van der Waals surface area contributed by atoms with Gasteiger partial charge >= 0.3 is 0 Å². The third kappa shape index (κ3) is 5.24. The molecule has 0 radical (unpaired) electrons. The summed E-state index contributed by atoms with van der Waals surface area (Å²) in [5.74, 6) is 1.57. The van der Waals surface area contributed by atoms with Crippen LogP contribution in [0.25, 0.3) is 0 Å². The highest BCUT2D eigenvalue weighted by atomic mass is 35.5. The molecule has 0 saturated carbocycles. The number of nitrogens with one attached hydrogen (secondary N) is 1. The number of nitrogens with zero attached hydrogens (tertiary/aromatic N) is 2. The highest BCUT2D eigenvalue weighted by molar-refractivity contribution is 7.91. The van der Waals surface area contributed by atoms with Gasteiger partial charge in [-0.2, -0.15) is 0 Å². The Hall–Kier alpha value is -2.04. The molecule has 1 fully saturated rings. The smallest absolute Gasteiger partial charge is 0.250 e. The van der Waals surface area contributed by atoms with Crippen molar-refractivity contribution in [3.05, 3.63) is 64.9 Å². The zero-order valence-electron chi connectivity index (χ0n) is 17.0. The van der Waals surface area contributed by atoms with Crippen LogP contribution in [0.1, 0.15) is 11.8 Å². The molecule has 0 bridgehead atoms. The maximum Gasteiger partial charge on any atom is 0.250 e. The van der Waals surface area contributed by atoms with Gasteiger partial charge in [-0.05, 0) is 48.5 Å². The van der Waals surface area contributed by atoms with Crippen molar-refractivity contribution in [1.82, 2.24) is 9.62 Å². The van der Waals surface area contributed by atoms with Gasteiger partial charge in [-0.25, -0.2) is 13.1 Å². The van der Waals surface area contributed by atoms with Gasteiger partial charge in [0.15, 0.2) is 0 Å². The van der Waals surface area contributed by atoms with E-state index in [-0.39, 0.29) is 16.8 Å². The average Bonchev–Trinajstić information content (AvgIpc) is 3.47. The Morgan fingerprint density at radius 1 is 1.13 bits per heavy atom. The van der Waals surface area contributed by atoms with Crippen LogP contribution in [0.4, 0.5) is 5.69 Å². The lowest BCUT2D eigenvalue weighted by molar-refractivity contribution is 0.166. The van der Waals surface area contributed by atoms with Gasteiger partial charge in [-0.15, -0.1) is 11.3 Å². The molecule has 10 heteroatoms.